The van der Waals surface area contributed by atoms with Gasteiger partial charge in [0, 0.05) is 18.7 Å². The maximum Gasteiger partial charge on any atom is 0.341 e. The van der Waals surface area contributed by atoms with Gasteiger partial charge in [0.25, 0.3) is 10.0 Å². The second kappa shape index (κ2) is 8.22. The van der Waals surface area contributed by atoms with Gasteiger partial charge in [0.1, 0.15) is 11.3 Å². The largest absolute Gasteiger partial charge is 0.496 e. The number of esters is 1. The van der Waals surface area contributed by atoms with E-state index in [1.54, 1.807) is 0 Å². The molecule has 0 saturated heterocycles. The Morgan fingerprint density at radius 3 is 2.66 bits per heavy atom. The molecule has 1 heterocycles. The van der Waals surface area contributed by atoms with E-state index in [2.05, 4.69) is 26.8 Å². The second-order valence-corrected chi connectivity index (χ2v) is 9.59. The van der Waals surface area contributed by atoms with Crippen molar-refractivity contribution in [3.05, 3.63) is 46.7 Å². The highest BCUT2D eigenvalue weighted by Crippen LogP contribution is 2.42. The summed E-state index contributed by atoms with van der Waals surface area (Å²) in [6, 6.07) is 4.32. The van der Waals surface area contributed by atoms with Crippen LogP contribution in [0.1, 0.15) is 50.4 Å². The standard InChI is InChI=1S/C22H29NO5S/c1-6-14(2)16-11-18-15(3)9-10-23(20(18)12-16)29(25,26)17-7-8-21(27-4)19(13-17)22(24)28-5/h7-8,11,13-15H,6,9-10,12H2,1-5H3/t14-,15?/m1/s1. The highest BCUT2D eigenvalue weighted by Gasteiger charge is 2.37. The van der Waals surface area contributed by atoms with E-state index in [0.29, 0.717) is 24.8 Å². The maximum absolute atomic E-state index is 13.5. The summed E-state index contributed by atoms with van der Waals surface area (Å²) in [4.78, 5) is 12.2. The zero-order valence-electron chi connectivity index (χ0n) is 17.7. The third-order valence-corrected chi connectivity index (χ3v) is 7.89. The lowest BCUT2D eigenvalue weighted by Crippen LogP contribution is -2.36. The molecule has 2 aliphatic rings. The van der Waals surface area contributed by atoms with E-state index >= 15 is 0 Å². The number of rotatable bonds is 6. The zero-order valence-corrected chi connectivity index (χ0v) is 18.5. The number of benzene rings is 1. The number of ether oxygens (including phenoxy) is 2. The Labute approximate surface area is 173 Å². The summed E-state index contributed by atoms with van der Waals surface area (Å²) in [5, 5.41) is 0. The van der Waals surface area contributed by atoms with Crippen molar-refractivity contribution in [1.82, 2.24) is 4.31 Å². The smallest absolute Gasteiger partial charge is 0.341 e. The summed E-state index contributed by atoms with van der Waals surface area (Å²) in [5.41, 5.74) is 3.38. The topological polar surface area (TPSA) is 72.9 Å². The molecule has 158 valence electrons. The van der Waals surface area contributed by atoms with Crippen molar-refractivity contribution in [2.75, 3.05) is 20.8 Å². The van der Waals surface area contributed by atoms with Gasteiger partial charge < -0.3 is 9.47 Å². The fraction of sp³-hybridized carbons (Fsp3) is 0.500. The van der Waals surface area contributed by atoms with Gasteiger partial charge in [-0.05, 0) is 48.4 Å². The molecule has 1 aromatic carbocycles. The van der Waals surface area contributed by atoms with Gasteiger partial charge in [0.2, 0.25) is 0 Å². The molecule has 0 saturated carbocycles. The van der Waals surface area contributed by atoms with Gasteiger partial charge in [-0.2, -0.15) is 0 Å². The van der Waals surface area contributed by atoms with Crippen LogP contribution in [0.25, 0.3) is 0 Å². The number of carbonyl (C=O) groups is 1. The Hall–Kier alpha value is -2.28. The zero-order chi connectivity index (χ0) is 21.3. The minimum absolute atomic E-state index is 0.0668. The van der Waals surface area contributed by atoms with Crippen LogP contribution in [-0.2, 0) is 14.8 Å². The van der Waals surface area contributed by atoms with E-state index in [0.717, 1.165) is 24.1 Å². The molecule has 7 heteroatoms. The van der Waals surface area contributed by atoms with Crippen molar-refractivity contribution in [3.8, 4) is 5.75 Å². The van der Waals surface area contributed by atoms with Gasteiger partial charge in [-0.1, -0.05) is 32.4 Å². The molecule has 1 aliphatic carbocycles. The Balaban J connectivity index is 2.01. The third-order valence-electron chi connectivity index (χ3n) is 6.05. The Kier molecular flexibility index (Phi) is 6.08. The monoisotopic (exact) mass is 419 g/mol. The first kappa shape index (κ1) is 21.4. The Morgan fingerprint density at radius 2 is 2.03 bits per heavy atom. The fourth-order valence-electron chi connectivity index (χ4n) is 3.98. The lowest BCUT2D eigenvalue weighted by Gasteiger charge is -2.33. The van der Waals surface area contributed by atoms with Crippen LogP contribution in [0.5, 0.6) is 5.75 Å². The van der Waals surface area contributed by atoms with Crippen molar-refractivity contribution in [3.63, 3.8) is 0 Å². The third kappa shape index (κ3) is 3.80. The molecular weight excluding hydrogens is 390 g/mol. The predicted octanol–water partition coefficient (Wildman–Crippen LogP) is 4.14. The first-order valence-corrected chi connectivity index (χ1v) is 11.4. The van der Waals surface area contributed by atoms with E-state index in [4.69, 9.17) is 9.47 Å². The molecule has 3 rings (SSSR count). The molecule has 1 aliphatic heterocycles. The van der Waals surface area contributed by atoms with Crippen molar-refractivity contribution in [1.29, 1.82) is 0 Å². The quantitative estimate of drug-likeness (QED) is 0.648. The average Bonchev–Trinajstić information content (AvgIpc) is 3.18. The maximum atomic E-state index is 13.5. The molecule has 29 heavy (non-hydrogen) atoms. The molecule has 0 fully saturated rings. The predicted molar refractivity (Wildman–Crippen MR) is 111 cm³/mol. The van der Waals surface area contributed by atoms with Crippen molar-refractivity contribution >= 4 is 16.0 Å². The van der Waals surface area contributed by atoms with E-state index in [-0.39, 0.29) is 16.2 Å². The van der Waals surface area contributed by atoms with Gasteiger partial charge in [0.05, 0.1) is 19.1 Å². The fourth-order valence-corrected chi connectivity index (χ4v) is 5.55. The molecule has 0 radical (unpaired) electrons. The van der Waals surface area contributed by atoms with Crippen LogP contribution in [0.4, 0.5) is 0 Å². The van der Waals surface area contributed by atoms with Gasteiger partial charge in [-0.25, -0.2) is 13.2 Å². The number of allylic oxidation sites excluding steroid dienone is 3. The minimum Gasteiger partial charge on any atom is -0.496 e. The lowest BCUT2D eigenvalue weighted by molar-refractivity contribution is 0.0596. The number of carbonyl (C=O) groups excluding carboxylic acids is 1. The molecule has 0 amide bonds. The van der Waals surface area contributed by atoms with Crippen molar-refractivity contribution in [2.45, 2.75) is 44.9 Å². The molecule has 0 aromatic heterocycles. The van der Waals surface area contributed by atoms with Crippen LogP contribution in [0.3, 0.4) is 0 Å². The number of methoxy groups -OCH3 is 2. The van der Waals surface area contributed by atoms with Gasteiger partial charge in [0.15, 0.2) is 0 Å². The Bertz CT molecular complexity index is 977. The lowest BCUT2D eigenvalue weighted by atomic mass is 9.94. The summed E-state index contributed by atoms with van der Waals surface area (Å²) in [6.45, 7) is 6.91. The number of hydrogen-bond donors (Lipinski definition) is 0. The van der Waals surface area contributed by atoms with Crippen LogP contribution in [-0.4, -0.2) is 39.5 Å². The number of hydrogen-bond acceptors (Lipinski definition) is 5. The average molecular weight is 420 g/mol. The summed E-state index contributed by atoms with van der Waals surface area (Å²) < 4.78 is 38.5. The SMILES string of the molecule is CC[C@@H](C)C1=CC2=C(C1)N(S(=O)(=O)c1ccc(OC)c(C(=O)OC)c1)CCC2C. The first-order chi connectivity index (χ1) is 13.7. The molecule has 0 N–H and O–H groups in total. The summed E-state index contributed by atoms with van der Waals surface area (Å²) >= 11 is 0. The van der Waals surface area contributed by atoms with Crippen LogP contribution >= 0.6 is 0 Å². The molecular formula is C22H29NO5S. The molecule has 1 unspecified atom stereocenters. The summed E-state index contributed by atoms with van der Waals surface area (Å²) in [5.74, 6) is 0.404. The molecule has 0 bridgehead atoms. The van der Waals surface area contributed by atoms with Crippen LogP contribution in [0, 0.1) is 11.8 Å². The van der Waals surface area contributed by atoms with Crippen LogP contribution in [0.15, 0.2) is 46.0 Å². The van der Waals surface area contributed by atoms with Gasteiger partial charge in [-0.15, -0.1) is 0 Å². The molecule has 2 atom stereocenters. The number of nitrogens with zero attached hydrogens (tertiary/aromatic N) is 1. The summed E-state index contributed by atoms with van der Waals surface area (Å²) in [6.07, 6.45) is 4.65. The summed E-state index contributed by atoms with van der Waals surface area (Å²) in [7, 11) is -1.12. The van der Waals surface area contributed by atoms with E-state index in [1.807, 2.05) is 0 Å². The van der Waals surface area contributed by atoms with Crippen molar-refractivity contribution < 1.29 is 22.7 Å². The molecule has 1 aromatic rings. The highest BCUT2D eigenvalue weighted by molar-refractivity contribution is 7.89. The van der Waals surface area contributed by atoms with Crippen molar-refractivity contribution in [2.24, 2.45) is 11.8 Å². The van der Waals surface area contributed by atoms with Crippen LogP contribution < -0.4 is 4.74 Å². The highest BCUT2D eigenvalue weighted by atomic mass is 32.2. The van der Waals surface area contributed by atoms with E-state index < -0.39 is 16.0 Å². The Morgan fingerprint density at radius 1 is 1.31 bits per heavy atom. The minimum atomic E-state index is -3.81. The molecule has 6 nitrogen and oxygen atoms in total. The van der Waals surface area contributed by atoms with Crippen LogP contribution in [0.2, 0.25) is 0 Å². The van der Waals surface area contributed by atoms with E-state index in [1.165, 1.54) is 42.3 Å². The van der Waals surface area contributed by atoms with E-state index in [9.17, 15) is 13.2 Å². The molecule has 0 spiro atoms. The van der Waals surface area contributed by atoms with Gasteiger partial charge in [-0.3, -0.25) is 4.31 Å². The number of sulfonamides is 1. The first-order valence-electron chi connectivity index (χ1n) is 9.97. The normalized spacial score (nSPS) is 20.2. The second-order valence-electron chi connectivity index (χ2n) is 7.73. The van der Waals surface area contributed by atoms with Gasteiger partial charge >= 0.3 is 5.97 Å².